The number of oxime groups is 1. The van der Waals surface area contributed by atoms with Crippen molar-refractivity contribution in [2.45, 2.75) is 25.0 Å². The van der Waals surface area contributed by atoms with Crippen LogP contribution < -0.4 is 5.32 Å². The summed E-state index contributed by atoms with van der Waals surface area (Å²) in [6.07, 6.45) is 0.602. The second kappa shape index (κ2) is 5.58. The third-order valence-electron chi connectivity index (χ3n) is 3.41. The van der Waals surface area contributed by atoms with Crippen LogP contribution in [-0.2, 0) is 14.4 Å². The fourth-order valence-electron chi connectivity index (χ4n) is 2.27. The molecule has 1 amide bonds. The molecule has 2 atom stereocenters. The first kappa shape index (κ1) is 13.1. The summed E-state index contributed by atoms with van der Waals surface area (Å²) in [6.45, 7) is 1.22. The molecule has 5 nitrogen and oxygen atoms in total. The minimum absolute atomic E-state index is 0.0565. The molecule has 6 heteroatoms. The molecule has 20 heavy (non-hydrogen) atoms. The molecule has 0 saturated carbocycles. The molecule has 0 bridgehead atoms. The summed E-state index contributed by atoms with van der Waals surface area (Å²) >= 11 is 0. The smallest absolute Gasteiger partial charge is 0.264 e. The van der Waals surface area contributed by atoms with E-state index in [1.165, 1.54) is 12.1 Å². The van der Waals surface area contributed by atoms with Crippen LogP contribution >= 0.6 is 0 Å². The van der Waals surface area contributed by atoms with Gasteiger partial charge in [0.1, 0.15) is 5.82 Å². The molecule has 106 valence electrons. The van der Waals surface area contributed by atoms with E-state index >= 15 is 0 Å². The zero-order valence-corrected chi connectivity index (χ0v) is 10.8. The highest BCUT2D eigenvalue weighted by Gasteiger charge is 2.31. The number of rotatable bonds is 3. The molecule has 1 saturated heterocycles. The van der Waals surface area contributed by atoms with Gasteiger partial charge in [-0.05, 0) is 24.1 Å². The van der Waals surface area contributed by atoms with E-state index in [4.69, 9.17) is 9.57 Å². The summed E-state index contributed by atoms with van der Waals surface area (Å²) < 4.78 is 18.1. The van der Waals surface area contributed by atoms with Gasteiger partial charge in [-0.2, -0.15) is 0 Å². The number of halogens is 1. The predicted molar refractivity (Wildman–Crippen MR) is 69.8 cm³/mol. The lowest BCUT2D eigenvalue weighted by molar-refractivity contribution is -0.131. The lowest BCUT2D eigenvalue weighted by Crippen LogP contribution is -2.41. The Labute approximate surface area is 115 Å². The maximum Gasteiger partial charge on any atom is 0.264 e. The highest BCUT2D eigenvalue weighted by Crippen LogP contribution is 2.18. The third-order valence-corrected chi connectivity index (χ3v) is 3.41. The highest BCUT2D eigenvalue weighted by molar-refractivity contribution is 6.04. The van der Waals surface area contributed by atoms with E-state index in [0.29, 0.717) is 25.3 Å². The topological polar surface area (TPSA) is 59.9 Å². The number of carbonyl (C=O) groups excluding carboxylic acids is 1. The summed E-state index contributed by atoms with van der Waals surface area (Å²) in [5.41, 5.74) is 1.43. The lowest BCUT2D eigenvalue weighted by Gasteiger charge is -2.13. The number of hydrogen-bond donors (Lipinski definition) is 1. The second-order valence-corrected chi connectivity index (χ2v) is 4.91. The molecule has 1 aromatic carbocycles. The maximum atomic E-state index is 12.9. The van der Waals surface area contributed by atoms with Crippen molar-refractivity contribution in [3.63, 3.8) is 0 Å². The van der Waals surface area contributed by atoms with Gasteiger partial charge >= 0.3 is 0 Å². The Morgan fingerprint density at radius 3 is 2.85 bits per heavy atom. The minimum Gasteiger partial charge on any atom is -0.382 e. The van der Waals surface area contributed by atoms with Gasteiger partial charge < -0.3 is 14.9 Å². The Bertz CT molecular complexity index is 524. The van der Waals surface area contributed by atoms with Crippen LogP contribution in [0.4, 0.5) is 4.39 Å². The van der Waals surface area contributed by atoms with E-state index in [1.807, 2.05) is 0 Å². The largest absolute Gasteiger partial charge is 0.382 e. The van der Waals surface area contributed by atoms with Crippen molar-refractivity contribution in [3.05, 3.63) is 35.6 Å². The van der Waals surface area contributed by atoms with Gasteiger partial charge in [0.25, 0.3) is 5.91 Å². The van der Waals surface area contributed by atoms with E-state index < -0.39 is 6.10 Å². The van der Waals surface area contributed by atoms with Crippen molar-refractivity contribution in [1.82, 2.24) is 5.32 Å². The second-order valence-electron chi connectivity index (χ2n) is 4.91. The molecule has 0 aliphatic carbocycles. The van der Waals surface area contributed by atoms with Crippen molar-refractivity contribution in [2.24, 2.45) is 5.16 Å². The Kier molecular flexibility index (Phi) is 3.64. The first-order chi connectivity index (χ1) is 9.72. The van der Waals surface area contributed by atoms with Gasteiger partial charge in [0.05, 0.1) is 18.4 Å². The molecule has 2 aliphatic heterocycles. The molecule has 0 aromatic heterocycles. The normalized spacial score (nSPS) is 25.1. The summed E-state index contributed by atoms with van der Waals surface area (Å²) in [5, 5.41) is 6.79. The van der Waals surface area contributed by atoms with Gasteiger partial charge in [0.2, 0.25) is 6.10 Å². The van der Waals surface area contributed by atoms with E-state index in [-0.39, 0.29) is 17.8 Å². The van der Waals surface area contributed by atoms with Crippen LogP contribution in [0.25, 0.3) is 0 Å². The highest BCUT2D eigenvalue weighted by atomic mass is 19.1. The lowest BCUT2D eigenvalue weighted by atomic mass is 10.0. The monoisotopic (exact) mass is 278 g/mol. The number of nitrogens with zero attached hydrogens (tertiary/aromatic N) is 1. The number of benzene rings is 1. The molecule has 1 fully saturated rings. The molecule has 2 heterocycles. The Hall–Kier alpha value is -1.95. The number of hydrogen-bond acceptors (Lipinski definition) is 4. The van der Waals surface area contributed by atoms with Crippen LogP contribution in [0.2, 0.25) is 0 Å². The predicted octanol–water partition coefficient (Wildman–Crippen LogP) is 1.22. The van der Waals surface area contributed by atoms with Crippen LogP contribution in [0.5, 0.6) is 0 Å². The molecule has 2 aliphatic rings. The average Bonchev–Trinajstić information content (AvgIpc) is 3.10. The zero-order valence-electron chi connectivity index (χ0n) is 10.8. The maximum absolute atomic E-state index is 12.9. The summed E-state index contributed by atoms with van der Waals surface area (Å²) in [4.78, 5) is 17.2. The van der Waals surface area contributed by atoms with Crippen molar-refractivity contribution in [1.29, 1.82) is 0 Å². The van der Waals surface area contributed by atoms with E-state index in [0.717, 1.165) is 12.0 Å². The van der Waals surface area contributed by atoms with Gasteiger partial charge in [-0.25, -0.2) is 4.39 Å². The summed E-state index contributed by atoms with van der Waals surface area (Å²) in [5.74, 6) is -0.481. The van der Waals surface area contributed by atoms with Crippen LogP contribution in [0.3, 0.4) is 0 Å². The van der Waals surface area contributed by atoms with Crippen molar-refractivity contribution in [2.75, 3.05) is 13.2 Å². The number of amides is 1. The quantitative estimate of drug-likeness (QED) is 0.904. The van der Waals surface area contributed by atoms with Crippen LogP contribution in [0.1, 0.15) is 18.4 Å². The van der Waals surface area contributed by atoms with Crippen LogP contribution in [-0.4, -0.2) is 37.0 Å². The molecule has 2 unspecified atom stereocenters. The molecule has 1 N–H and O–H groups in total. The molecule has 0 spiro atoms. The minimum atomic E-state index is -0.615. The fraction of sp³-hybridized carbons (Fsp3) is 0.429. The molecular weight excluding hydrogens is 263 g/mol. The Morgan fingerprint density at radius 1 is 1.35 bits per heavy atom. The first-order valence-electron chi connectivity index (χ1n) is 6.59. The zero-order chi connectivity index (χ0) is 13.9. The SMILES string of the molecule is O=C(NC1CCOC1)C1CC(c2ccc(F)cc2)=NO1. The first-order valence-corrected chi connectivity index (χ1v) is 6.59. The van der Waals surface area contributed by atoms with E-state index in [2.05, 4.69) is 10.5 Å². The molecule has 0 radical (unpaired) electrons. The van der Waals surface area contributed by atoms with Gasteiger partial charge in [-0.1, -0.05) is 17.3 Å². The number of ether oxygens (including phenoxy) is 1. The number of carbonyl (C=O) groups is 1. The average molecular weight is 278 g/mol. The molecule has 1 aromatic rings. The van der Waals surface area contributed by atoms with Crippen molar-refractivity contribution in [3.8, 4) is 0 Å². The third kappa shape index (κ3) is 2.80. The van der Waals surface area contributed by atoms with E-state index in [1.54, 1.807) is 12.1 Å². The van der Waals surface area contributed by atoms with Gasteiger partial charge in [-0.15, -0.1) is 0 Å². The number of nitrogens with one attached hydrogen (secondary N) is 1. The Morgan fingerprint density at radius 2 is 2.15 bits per heavy atom. The van der Waals surface area contributed by atoms with Crippen molar-refractivity contribution >= 4 is 11.6 Å². The van der Waals surface area contributed by atoms with Crippen molar-refractivity contribution < 1.29 is 18.8 Å². The summed E-state index contributed by atoms with van der Waals surface area (Å²) in [6, 6.07) is 6.04. The Balaban J connectivity index is 1.57. The van der Waals surface area contributed by atoms with Crippen LogP contribution in [0.15, 0.2) is 29.4 Å². The van der Waals surface area contributed by atoms with E-state index in [9.17, 15) is 9.18 Å². The van der Waals surface area contributed by atoms with Gasteiger partial charge in [0, 0.05) is 13.0 Å². The van der Waals surface area contributed by atoms with Crippen LogP contribution in [0, 0.1) is 5.82 Å². The van der Waals surface area contributed by atoms with Gasteiger partial charge in [-0.3, -0.25) is 4.79 Å². The fourth-order valence-corrected chi connectivity index (χ4v) is 2.27. The molecular formula is C14H15FN2O3. The van der Waals surface area contributed by atoms with Gasteiger partial charge in [0.15, 0.2) is 0 Å². The standard InChI is InChI=1S/C14H15FN2O3/c15-10-3-1-9(2-4-10)12-7-13(20-17-12)14(18)16-11-5-6-19-8-11/h1-4,11,13H,5-8H2,(H,16,18). The molecule has 3 rings (SSSR count). The summed E-state index contributed by atoms with van der Waals surface area (Å²) in [7, 11) is 0.